The number of aromatic amines is 1. The minimum absolute atomic E-state index is 0.936. The van der Waals surface area contributed by atoms with E-state index in [1.165, 1.54) is 31.5 Å². The van der Waals surface area contributed by atoms with Crippen molar-refractivity contribution in [3.8, 4) is 0 Å². The average molecular weight is 427 g/mol. The largest absolute Gasteiger partial charge is 0.339 e. The highest BCUT2D eigenvalue weighted by Gasteiger charge is 2.41. The minimum Gasteiger partial charge on any atom is -0.339 e. The van der Waals surface area contributed by atoms with Crippen LogP contribution in [0, 0.1) is 0 Å². The van der Waals surface area contributed by atoms with Crippen molar-refractivity contribution in [1.82, 2.24) is 9.97 Å². The fraction of sp³-hybridized carbons (Fsp3) is 0. The van der Waals surface area contributed by atoms with Crippen LogP contribution in [-0.4, -0.2) is 18.0 Å². The van der Waals surface area contributed by atoms with Crippen molar-refractivity contribution in [2.24, 2.45) is 0 Å². The molecule has 2 heterocycles. The van der Waals surface area contributed by atoms with E-state index in [1.54, 1.807) is 0 Å². The Labute approximate surface area is 188 Å². The van der Waals surface area contributed by atoms with E-state index in [0.717, 1.165) is 11.2 Å². The zero-order valence-electron chi connectivity index (χ0n) is 17.6. The van der Waals surface area contributed by atoms with Gasteiger partial charge in [0.15, 0.2) is 8.07 Å². The Morgan fingerprint density at radius 1 is 0.500 bits per heavy atom. The van der Waals surface area contributed by atoms with Gasteiger partial charge in [0.05, 0.1) is 0 Å². The van der Waals surface area contributed by atoms with Crippen LogP contribution in [0.2, 0.25) is 0 Å². The number of hydrogen-bond acceptors (Lipinski definition) is 1. The first-order valence-electron chi connectivity index (χ1n) is 10.9. The molecule has 0 atom stereocenters. The highest BCUT2D eigenvalue weighted by atomic mass is 28.3. The van der Waals surface area contributed by atoms with Crippen molar-refractivity contribution in [3.05, 3.63) is 128 Å². The molecule has 0 saturated carbocycles. The lowest BCUT2D eigenvalue weighted by Crippen LogP contribution is -2.74. The van der Waals surface area contributed by atoms with Crippen molar-refractivity contribution < 1.29 is 0 Å². The molecular weight excluding hydrogens is 404 g/mol. The maximum absolute atomic E-state index is 4.54. The van der Waals surface area contributed by atoms with Crippen LogP contribution in [0.15, 0.2) is 128 Å². The number of H-pyrrole nitrogens is 1. The number of aromatic nitrogens is 2. The molecule has 2 aromatic heterocycles. The Kier molecular flexibility index (Phi) is 4.48. The Hall–Kier alpha value is -3.95. The number of hydrogen-bond donors (Lipinski definition) is 1. The molecule has 4 aromatic carbocycles. The summed E-state index contributed by atoms with van der Waals surface area (Å²) in [6.45, 7) is 0. The van der Waals surface area contributed by atoms with Gasteiger partial charge in [-0.15, -0.1) is 0 Å². The summed E-state index contributed by atoms with van der Waals surface area (Å²) < 4.78 is 0. The molecule has 0 aliphatic rings. The standard InChI is InChI=1S/C29H22N2Si/c1-4-11-22(12-5-1)32(23-13-6-2-7-14-23,24-15-8-3-9-16-24)25-18-19-28-27(21-25)26-17-10-20-30-29(26)31-28/h1-21H,(H,30,31). The maximum atomic E-state index is 4.54. The fourth-order valence-corrected chi connectivity index (χ4v) is 9.80. The van der Waals surface area contributed by atoms with Gasteiger partial charge in [0.2, 0.25) is 0 Å². The van der Waals surface area contributed by atoms with Crippen molar-refractivity contribution in [2.45, 2.75) is 0 Å². The van der Waals surface area contributed by atoms with E-state index in [1.807, 2.05) is 12.3 Å². The second-order valence-electron chi connectivity index (χ2n) is 8.13. The molecule has 0 radical (unpaired) electrons. The second kappa shape index (κ2) is 7.63. The molecule has 1 N–H and O–H groups in total. The van der Waals surface area contributed by atoms with Gasteiger partial charge in [-0.1, -0.05) is 103 Å². The summed E-state index contributed by atoms with van der Waals surface area (Å²) in [4.78, 5) is 8.02. The van der Waals surface area contributed by atoms with Crippen LogP contribution in [0.1, 0.15) is 0 Å². The summed E-state index contributed by atoms with van der Waals surface area (Å²) in [7, 11) is -2.51. The van der Waals surface area contributed by atoms with Gasteiger partial charge in [0, 0.05) is 22.5 Å². The number of rotatable bonds is 4. The maximum Gasteiger partial charge on any atom is 0.179 e. The number of benzene rings is 4. The molecule has 3 heteroatoms. The lowest BCUT2D eigenvalue weighted by Gasteiger charge is -2.34. The Morgan fingerprint density at radius 2 is 1.06 bits per heavy atom. The monoisotopic (exact) mass is 426 g/mol. The number of nitrogens with one attached hydrogen (secondary N) is 1. The lowest BCUT2D eigenvalue weighted by atomic mass is 10.2. The Bertz CT molecular complexity index is 1410. The van der Waals surface area contributed by atoms with E-state index in [9.17, 15) is 0 Å². The summed E-state index contributed by atoms with van der Waals surface area (Å²) in [5.41, 5.74) is 2.06. The third-order valence-electron chi connectivity index (χ3n) is 6.42. The summed E-state index contributed by atoms with van der Waals surface area (Å²) in [6, 6.07) is 44.2. The van der Waals surface area contributed by atoms with Crippen LogP contribution in [0.5, 0.6) is 0 Å². The van der Waals surface area contributed by atoms with E-state index in [4.69, 9.17) is 0 Å². The molecule has 152 valence electrons. The number of fused-ring (bicyclic) bond motifs is 3. The second-order valence-corrected chi connectivity index (χ2v) is 11.9. The first-order valence-corrected chi connectivity index (χ1v) is 12.9. The molecule has 0 bridgehead atoms. The van der Waals surface area contributed by atoms with Crippen LogP contribution in [-0.2, 0) is 0 Å². The third-order valence-corrected chi connectivity index (χ3v) is 11.2. The molecule has 0 amide bonds. The van der Waals surface area contributed by atoms with Gasteiger partial charge in [-0.25, -0.2) is 4.98 Å². The molecule has 32 heavy (non-hydrogen) atoms. The Morgan fingerprint density at radius 3 is 1.62 bits per heavy atom. The molecule has 0 saturated heterocycles. The van der Waals surface area contributed by atoms with Crippen LogP contribution >= 0.6 is 0 Å². The zero-order chi connectivity index (χ0) is 21.4. The zero-order valence-corrected chi connectivity index (χ0v) is 18.6. The minimum atomic E-state index is -2.51. The predicted molar refractivity (Wildman–Crippen MR) is 137 cm³/mol. The lowest BCUT2D eigenvalue weighted by molar-refractivity contribution is 1.35. The van der Waals surface area contributed by atoms with E-state index < -0.39 is 8.07 Å². The van der Waals surface area contributed by atoms with Gasteiger partial charge in [-0.05, 0) is 38.9 Å². The highest BCUT2D eigenvalue weighted by molar-refractivity contribution is 7.20. The Balaban J connectivity index is 1.76. The molecule has 2 nitrogen and oxygen atoms in total. The molecule has 6 rings (SSSR count). The van der Waals surface area contributed by atoms with Gasteiger partial charge < -0.3 is 4.98 Å². The summed E-state index contributed by atoms with van der Waals surface area (Å²) >= 11 is 0. The molecule has 0 aliphatic carbocycles. The SMILES string of the molecule is c1ccc([Si](c2ccccc2)(c2ccccc2)c2ccc3[nH]c4ncccc4c3c2)cc1. The molecule has 0 aliphatic heterocycles. The summed E-state index contributed by atoms with van der Waals surface area (Å²) in [6.07, 6.45) is 1.84. The summed E-state index contributed by atoms with van der Waals surface area (Å²) in [5.74, 6) is 0. The average Bonchev–Trinajstić information content (AvgIpc) is 3.25. The van der Waals surface area contributed by atoms with Gasteiger partial charge in [0.25, 0.3) is 0 Å². The van der Waals surface area contributed by atoms with E-state index >= 15 is 0 Å². The van der Waals surface area contributed by atoms with Gasteiger partial charge in [-0.2, -0.15) is 0 Å². The number of nitrogens with zero attached hydrogens (tertiary/aromatic N) is 1. The summed E-state index contributed by atoms with van der Waals surface area (Å²) in [5, 5.41) is 7.92. The molecule has 0 fully saturated rings. The predicted octanol–water partition coefficient (Wildman–Crippen LogP) is 4.09. The van der Waals surface area contributed by atoms with Crippen molar-refractivity contribution in [1.29, 1.82) is 0 Å². The van der Waals surface area contributed by atoms with Crippen LogP contribution < -0.4 is 20.7 Å². The quantitative estimate of drug-likeness (QED) is 0.334. The highest BCUT2D eigenvalue weighted by Crippen LogP contribution is 2.23. The fourth-order valence-electron chi connectivity index (χ4n) is 5.02. The smallest absolute Gasteiger partial charge is 0.179 e. The molecule has 6 aromatic rings. The van der Waals surface area contributed by atoms with Gasteiger partial charge in [0.1, 0.15) is 5.65 Å². The van der Waals surface area contributed by atoms with Crippen LogP contribution in [0.3, 0.4) is 0 Å². The van der Waals surface area contributed by atoms with E-state index in [2.05, 4.69) is 125 Å². The van der Waals surface area contributed by atoms with Crippen molar-refractivity contribution >= 4 is 50.8 Å². The van der Waals surface area contributed by atoms with Crippen molar-refractivity contribution in [2.75, 3.05) is 0 Å². The number of pyridine rings is 1. The van der Waals surface area contributed by atoms with E-state index in [-0.39, 0.29) is 0 Å². The topological polar surface area (TPSA) is 28.7 Å². The van der Waals surface area contributed by atoms with Gasteiger partial charge in [-0.3, -0.25) is 0 Å². The molecular formula is C29H22N2Si. The first kappa shape index (κ1) is 18.8. The van der Waals surface area contributed by atoms with Gasteiger partial charge >= 0.3 is 0 Å². The molecule has 0 spiro atoms. The normalized spacial score (nSPS) is 11.8. The van der Waals surface area contributed by atoms with Crippen LogP contribution in [0.25, 0.3) is 21.9 Å². The third kappa shape index (κ3) is 2.83. The van der Waals surface area contributed by atoms with E-state index in [0.29, 0.717) is 0 Å². The van der Waals surface area contributed by atoms with Crippen LogP contribution in [0.4, 0.5) is 0 Å². The first-order chi connectivity index (χ1) is 15.9. The van der Waals surface area contributed by atoms with Crippen molar-refractivity contribution in [3.63, 3.8) is 0 Å². The molecule has 0 unspecified atom stereocenters.